The molecule has 0 fully saturated rings. The number of nitrogens with one attached hydrogen (secondary N) is 2. The molecule has 0 aliphatic rings. The van der Waals surface area contributed by atoms with Crippen LogP contribution in [0.1, 0.15) is 11.1 Å². The van der Waals surface area contributed by atoms with E-state index in [1.54, 1.807) is 0 Å². The van der Waals surface area contributed by atoms with Gasteiger partial charge in [0.15, 0.2) is 0 Å². The van der Waals surface area contributed by atoms with Crippen LogP contribution < -0.4 is 9.80 Å². The third kappa shape index (κ3) is 6.87. The van der Waals surface area contributed by atoms with Gasteiger partial charge in [-0.3, -0.25) is 10.8 Å². The molecule has 236 valence electrons. The highest BCUT2D eigenvalue weighted by atomic mass is 16.5. The molecule has 5 heteroatoms. The maximum atomic E-state index is 8.72. The van der Waals surface area contributed by atoms with Gasteiger partial charge in [0, 0.05) is 45.3 Å². The Morgan fingerprint density at radius 3 is 1.14 bits per heavy atom. The standard InChI is InChI=1S/C44H34N4O/c45-43(49-44(46)42-24-14-13-23-41(42)33-15-5-1-6-16-33)34-25-27-38(28-26-34)48(37-21-11-4-12-22-37)40-31-29-39(30-32-40)47(35-17-7-2-8-18-35)36-19-9-3-10-20-36/h1-32,45-46H. The lowest BCUT2D eigenvalue weighted by Crippen LogP contribution is -2.14. The Morgan fingerprint density at radius 2 is 0.694 bits per heavy atom. The summed E-state index contributed by atoms with van der Waals surface area (Å²) in [6.45, 7) is 0. The van der Waals surface area contributed by atoms with Gasteiger partial charge >= 0.3 is 0 Å². The molecular weight excluding hydrogens is 601 g/mol. The average Bonchev–Trinajstić information content (AvgIpc) is 3.17. The van der Waals surface area contributed by atoms with E-state index in [1.165, 1.54) is 0 Å². The van der Waals surface area contributed by atoms with Crippen molar-refractivity contribution in [1.82, 2.24) is 0 Å². The lowest BCUT2D eigenvalue weighted by molar-refractivity contribution is 0.538. The molecule has 0 atom stereocenters. The van der Waals surface area contributed by atoms with Crippen molar-refractivity contribution in [1.29, 1.82) is 10.8 Å². The molecule has 7 aromatic carbocycles. The SMILES string of the molecule is N=C(OC(=N)c1ccccc1-c1ccccc1)c1ccc(N(c2ccccc2)c2ccc(N(c3ccccc3)c3ccccc3)cc2)cc1. The van der Waals surface area contributed by atoms with Crippen molar-refractivity contribution < 1.29 is 4.74 Å². The van der Waals surface area contributed by atoms with Gasteiger partial charge in [-0.15, -0.1) is 0 Å². The van der Waals surface area contributed by atoms with Gasteiger partial charge in [0.05, 0.1) is 0 Å². The number of rotatable bonds is 9. The Balaban J connectivity index is 1.15. The maximum absolute atomic E-state index is 8.72. The first kappa shape index (κ1) is 30.9. The molecule has 0 saturated heterocycles. The molecule has 0 heterocycles. The van der Waals surface area contributed by atoms with Crippen LogP contribution in [0.2, 0.25) is 0 Å². The first-order valence-corrected chi connectivity index (χ1v) is 16.1. The summed E-state index contributed by atoms with van der Waals surface area (Å²) in [5, 5.41) is 17.4. The Kier molecular flexibility index (Phi) is 9.06. The van der Waals surface area contributed by atoms with Crippen molar-refractivity contribution >= 4 is 45.9 Å². The monoisotopic (exact) mass is 634 g/mol. The molecule has 0 spiro atoms. The molecule has 0 unspecified atom stereocenters. The summed E-state index contributed by atoms with van der Waals surface area (Å²) in [4.78, 5) is 4.43. The summed E-state index contributed by atoms with van der Waals surface area (Å²) in [6, 6.07) is 64.7. The van der Waals surface area contributed by atoms with Gasteiger partial charge in [-0.2, -0.15) is 0 Å². The highest BCUT2D eigenvalue weighted by Crippen LogP contribution is 2.39. The van der Waals surface area contributed by atoms with Crippen molar-refractivity contribution in [2.75, 3.05) is 9.80 Å². The molecule has 2 N–H and O–H groups in total. The van der Waals surface area contributed by atoms with Gasteiger partial charge in [0.25, 0.3) is 0 Å². The van der Waals surface area contributed by atoms with Gasteiger partial charge in [0.2, 0.25) is 11.8 Å². The predicted molar refractivity (Wildman–Crippen MR) is 202 cm³/mol. The van der Waals surface area contributed by atoms with Crippen LogP contribution >= 0.6 is 0 Å². The van der Waals surface area contributed by atoms with Crippen LogP contribution in [0.3, 0.4) is 0 Å². The van der Waals surface area contributed by atoms with E-state index in [2.05, 4.69) is 94.7 Å². The zero-order valence-electron chi connectivity index (χ0n) is 26.8. The Bertz CT molecular complexity index is 2110. The van der Waals surface area contributed by atoms with E-state index in [0.717, 1.165) is 45.3 Å². The highest BCUT2D eigenvalue weighted by Gasteiger charge is 2.17. The van der Waals surface area contributed by atoms with E-state index in [-0.39, 0.29) is 11.8 Å². The highest BCUT2D eigenvalue weighted by molar-refractivity contribution is 6.07. The number of ether oxygens (including phenoxy) is 1. The first-order chi connectivity index (χ1) is 24.2. The summed E-state index contributed by atoms with van der Waals surface area (Å²) < 4.78 is 5.81. The Morgan fingerprint density at radius 1 is 0.347 bits per heavy atom. The van der Waals surface area contributed by atoms with Gasteiger partial charge in [-0.1, -0.05) is 103 Å². The second-order valence-electron chi connectivity index (χ2n) is 11.4. The summed E-state index contributed by atoms with van der Waals surface area (Å²) in [5.41, 5.74) is 9.24. The fraction of sp³-hybridized carbons (Fsp3) is 0. The second kappa shape index (κ2) is 14.4. The summed E-state index contributed by atoms with van der Waals surface area (Å²) in [6.07, 6.45) is 0. The zero-order chi connectivity index (χ0) is 33.4. The number of hydrogen-bond donors (Lipinski definition) is 2. The molecule has 0 aromatic heterocycles. The molecule has 0 aliphatic heterocycles. The van der Waals surface area contributed by atoms with Gasteiger partial charge in [-0.05, 0) is 102 Å². The van der Waals surface area contributed by atoms with Crippen LogP contribution in [0.5, 0.6) is 0 Å². The van der Waals surface area contributed by atoms with E-state index in [4.69, 9.17) is 15.6 Å². The average molecular weight is 635 g/mol. The fourth-order valence-electron chi connectivity index (χ4n) is 5.90. The van der Waals surface area contributed by atoms with Crippen molar-refractivity contribution in [3.8, 4) is 11.1 Å². The molecule has 0 aliphatic carbocycles. The fourth-order valence-corrected chi connectivity index (χ4v) is 5.90. The Labute approximate surface area is 287 Å². The topological polar surface area (TPSA) is 63.4 Å². The molecule has 49 heavy (non-hydrogen) atoms. The first-order valence-electron chi connectivity index (χ1n) is 16.1. The molecule has 7 rings (SSSR count). The number of nitrogens with zero attached hydrogens (tertiary/aromatic N) is 2. The molecule has 0 bridgehead atoms. The zero-order valence-corrected chi connectivity index (χ0v) is 26.8. The van der Waals surface area contributed by atoms with Crippen molar-refractivity contribution in [3.05, 3.63) is 205 Å². The van der Waals surface area contributed by atoms with Gasteiger partial charge < -0.3 is 14.5 Å². The predicted octanol–water partition coefficient (Wildman–Crippen LogP) is 11.7. The number of anilines is 6. The molecule has 0 radical (unpaired) electrons. The van der Waals surface area contributed by atoms with Gasteiger partial charge in [0.1, 0.15) is 0 Å². The normalized spacial score (nSPS) is 10.6. The lowest BCUT2D eigenvalue weighted by Gasteiger charge is -2.28. The summed E-state index contributed by atoms with van der Waals surface area (Å²) >= 11 is 0. The molecule has 5 nitrogen and oxygen atoms in total. The molecular formula is C44H34N4O. The Hall–Kier alpha value is -6.72. The summed E-state index contributed by atoms with van der Waals surface area (Å²) in [5.74, 6) is -0.156. The van der Waals surface area contributed by atoms with E-state index < -0.39 is 0 Å². The van der Waals surface area contributed by atoms with Crippen molar-refractivity contribution in [3.63, 3.8) is 0 Å². The van der Waals surface area contributed by atoms with Crippen molar-refractivity contribution in [2.24, 2.45) is 0 Å². The number of hydrogen-bond acceptors (Lipinski definition) is 5. The minimum absolute atomic E-state index is 0.0698. The van der Waals surface area contributed by atoms with Crippen LogP contribution in [-0.4, -0.2) is 11.8 Å². The van der Waals surface area contributed by atoms with E-state index in [9.17, 15) is 0 Å². The maximum Gasteiger partial charge on any atom is 0.221 e. The third-order valence-corrected chi connectivity index (χ3v) is 8.26. The van der Waals surface area contributed by atoms with Crippen LogP contribution in [0, 0.1) is 10.8 Å². The second-order valence-corrected chi connectivity index (χ2v) is 11.4. The molecule has 0 saturated carbocycles. The van der Waals surface area contributed by atoms with E-state index in [1.807, 2.05) is 109 Å². The number of benzene rings is 7. The van der Waals surface area contributed by atoms with Crippen LogP contribution in [0.15, 0.2) is 194 Å². The van der Waals surface area contributed by atoms with Crippen molar-refractivity contribution in [2.45, 2.75) is 0 Å². The molecule has 7 aromatic rings. The van der Waals surface area contributed by atoms with Gasteiger partial charge in [-0.25, -0.2) is 0 Å². The van der Waals surface area contributed by atoms with Crippen LogP contribution in [0.25, 0.3) is 11.1 Å². The summed E-state index contributed by atoms with van der Waals surface area (Å²) in [7, 11) is 0. The minimum Gasteiger partial charge on any atom is -0.421 e. The van der Waals surface area contributed by atoms with Crippen LogP contribution in [-0.2, 0) is 4.74 Å². The molecule has 0 amide bonds. The van der Waals surface area contributed by atoms with E-state index in [0.29, 0.717) is 11.1 Å². The van der Waals surface area contributed by atoms with E-state index >= 15 is 0 Å². The lowest BCUT2D eigenvalue weighted by atomic mass is 10.00. The van der Waals surface area contributed by atoms with Crippen LogP contribution in [0.4, 0.5) is 34.1 Å². The third-order valence-electron chi connectivity index (χ3n) is 8.26. The quantitative estimate of drug-likeness (QED) is 0.123. The largest absolute Gasteiger partial charge is 0.421 e. The number of para-hydroxylation sites is 3. The smallest absolute Gasteiger partial charge is 0.221 e. The minimum atomic E-state index is -0.0862.